The molecule has 0 saturated carbocycles. The lowest BCUT2D eigenvalue weighted by Crippen LogP contribution is -2.39. The smallest absolute Gasteiger partial charge is 0.227 e. The number of hydrogen-bond donors (Lipinski definition) is 2. The Balaban J connectivity index is 0.00000225. The molecule has 1 amide bonds. The number of methoxy groups -OCH3 is 1. The minimum absolute atomic E-state index is 0. The minimum Gasteiger partial charge on any atom is -0.497 e. The van der Waals surface area contributed by atoms with Gasteiger partial charge in [0.1, 0.15) is 10.8 Å². The van der Waals surface area contributed by atoms with Crippen molar-refractivity contribution in [3.8, 4) is 5.75 Å². The number of anilines is 1. The minimum atomic E-state index is -0.0147. The molecule has 1 aromatic carbocycles. The summed E-state index contributed by atoms with van der Waals surface area (Å²) in [5, 5.41) is 15.9. The highest BCUT2D eigenvalue weighted by Crippen LogP contribution is 2.21. The number of benzene rings is 1. The molecule has 0 radical (unpaired) electrons. The number of thioether (sulfide) groups is 1. The molecule has 1 aromatic heterocycles. The Bertz CT molecular complexity index is 692. The fraction of sp³-hybridized carbons (Fsp3) is 0.438. The zero-order chi connectivity index (χ0) is 16.8. The van der Waals surface area contributed by atoms with Gasteiger partial charge in [-0.2, -0.15) is 11.8 Å². The van der Waals surface area contributed by atoms with Crippen LogP contribution in [0.2, 0.25) is 0 Å². The van der Waals surface area contributed by atoms with Crippen LogP contribution in [-0.2, 0) is 11.2 Å². The van der Waals surface area contributed by atoms with Crippen molar-refractivity contribution in [3.63, 3.8) is 0 Å². The normalized spacial score (nSPS) is 16.8. The van der Waals surface area contributed by atoms with Crippen LogP contribution in [0.25, 0.3) is 0 Å². The maximum atomic E-state index is 12.1. The molecule has 1 fully saturated rings. The van der Waals surface area contributed by atoms with E-state index in [2.05, 4.69) is 20.8 Å². The molecule has 25 heavy (non-hydrogen) atoms. The van der Waals surface area contributed by atoms with Gasteiger partial charge in [0.05, 0.1) is 7.11 Å². The fourth-order valence-electron chi connectivity index (χ4n) is 2.48. The van der Waals surface area contributed by atoms with Gasteiger partial charge in [-0.25, -0.2) is 0 Å². The van der Waals surface area contributed by atoms with Crippen molar-refractivity contribution in [2.45, 2.75) is 18.9 Å². The Morgan fingerprint density at radius 2 is 2.32 bits per heavy atom. The van der Waals surface area contributed by atoms with Gasteiger partial charge in [0.15, 0.2) is 0 Å². The van der Waals surface area contributed by atoms with E-state index in [-0.39, 0.29) is 24.4 Å². The number of rotatable bonds is 6. The highest BCUT2D eigenvalue weighted by molar-refractivity contribution is 7.99. The lowest BCUT2D eigenvalue weighted by molar-refractivity contribution is -0.116. The predicted octanol–water partition coefficient (Wildman–Crippen LogP) is 2.59. The number of nitrogens with one attached hydrogen (secondary N) is 2. The summed E-state index contributed by atoms with van der Waals surface area (Å²) in [5.41, 5.74) is 1.10. The summed E-state index contributed by atoms with van der Waals surface area (Å²) in [6.45, 7) is 0.964. The molecule has 3 rings (SSSR count). The maximum absolute atomic E-state index is 12.1. The Morgan fingerprint density at radius 1 is 1.44 bits per heavy atom. The van der Waals surface area contributed by atoms with Crippen molar-refractivity contribution in [3.05, 3.63) is 34.8 Å². The molecule has 1 atom stereocenters. The highest BCUT2D eigenvalue weighted by atomic mass is 35.5. The lowest BCUT2D eigenvalue weighted by atomic mass is 10.1. The zero-order valence-electron chi connectivity index (χ0n) is 13.9. The van der Waals surface area contributed by atoms with E-state index in [1.54, 1.807) is 7.11 Å². The van der Waals surface area contributed by atoms with Crippen LogP contribution in [0.15, 0.2) is 24.3 Å². The average Bonchev–Trinajstić information content (AvgIpc) is 3.02. The number of aromatic nitrogens is 2. The van der Waals surface area contributed by atoms with Gasteiger partial charge in [-0.05, 0) is 17.7 Å². The number of ether oxygens (including phenoxy) is 1. The van der Waals surface area contributed by atoms with Gasteiger partial charge in [0.2, 0.25) is 11.0 Å². The third-order valence-electron chi connectivity index (χ3n) is 3.63. The van der Waals surface area contributed by atoms with Crippen LogP contribution in [0, 0.1) is 0 Å². The second kappa shape index (κ2) is 9.96. The molecule has 0 aliphatic carbocycles. The molecule has 1 saturated heterocycles. The predicted molar refractivity (Wildman–Crippen MR) is 105 cm³/mol. The maximum Gasteiger partial charge on any atom is 0.227 e. The van der Waals surface area contributed by atoms with Gasteiger partial charge >= 0.3 is 0 Å². The first-order chi connectivity index (χ1) is 11.7. The van der Waals surface area contributed by atoms with Crippen LogP contribution in [0.1, 0.15) is 17.0 Å². The van der Waals surface area contributed by atoms with E-state index >= 15 is 0 Å². The number of hydrogen-bond acceptors (Lipinski definition) is 7. The summed E-state index contributed by atoms with van der Waals surface area (Å²) in [4.78, 5) is 12.1. The monoisotopic (exact) mass is 400 g/mol. The van der Waals surface area contributed by atoms with Crippen LogP contribution in [0.3, 0.4) is 0 Å². The number of halogens is 1. The largest absolute Gasteiger partial charge is 0.497 e. The molecule has 1 aliphatic heterocycles. The van der Waals surface area contributed by atoms with Gasteiger partial charge in [-0.1, -0.05) is 23.5 Å². The molecular formula is C16H21ClN4O2S2. The van der Waals surface area contributed by atoms with Crippen molar-refractivity contribution in [2.24, 2.45) is 0 Å². The standard InChI is InChI=1S/C16H20N4O2S2.ClH/c1-22-13-4-2-3-11(7-13)8-15-19-20-16(24-15)18-14(21)9-12-10-23-6-5-17-12;/h2-4,7,12,17H,5-6,8-10H2,1H3,(H,18,20,21);1H. The highest BCUT2D eigenvalue weighted by Gasteiger charge is 2.17. The van der Waals surface area contributed by atoms with Crippen LogP contribution in [0.4, 0.5) is 5.13 Å². The van der Waals surface area contributed by atoms with Gasteiger partial charge < -0.3 is 15.4 Å². The van der Waals surface area contributed by atoms with E-state index in [4.69, 9.17) is 4.74 Å². The number of carbonyl (C=O) groups excluding carboxylic acids is 1. The molecule has 9 heteroatoms. The van der Waals surface area contributed by atoms with Crippen LogP contribution < -0.4 is 15.4 Å². The number of nitrogens with zero attached hydrogens (tertiary/aromatic N) is 2. The van der Waals surface area contributed by atoms with E-state index in [0.717, 1.165) is 34.4 Å². The Kier molecular flexibility index (Phi) is 7.95. The zero-order valence-corrected chi connectivity index (χ0v) is 16.3. The third kappa shape index (κ3) is 6.14. The van der Waals surface area contributed by atoms with E-state index in [0.29, 0.717) is 18.0 Å². The van der Waals surface area contributed by atoms with Gasteiger partial charge in [-0.3, -0.25) is 4.79 Å². The third-order valence-corrected chi connectivity index (χ3v) is 5.60. The molecule has 2 aromatic rings. The molecule has 1 aliphatic rings. The molecule has 0 bridgehead atoms. The van der Waals surface area contributed by atoms with Crippen LogP contribution in [0.5, 0.6) is 5.75 Å². The Morgan fingerprint density at radius 3 is 3.08 bits per heavy atom. The van der Waals surface area contributed by atoms with Gasteiger partial charge in [-0.15, -0.1) is 22.6 Å². The van der Waals surface area contributed by atoms with E-state index in [9.17, 15) is 4.79 Å². The van der Waals surface area contributed by atoms with E-state index in [1.165, 1.54) is 11.3 Å². The molecule has 0 spiro atoms. The van der Waals surface area contributed by atoms with Crippen molar-refractivity contribution < 1.29 is 9.53 Å². The fourth-order valence-corrected chi connectivity index (χ4v) is 4.22. The number of carbonyl (C=O) groups is 1. The van der Waals surface area contributed by atoms with Crippen molar-refractivity contribution in [2.75, 3.05) is 30.5 Å². The lowest BCUT2D eigenvalue weighted by Gasteiger charge is -2.22. The van der Waals surface area contributed by atoms with Crippen molar-refractivity contribution in [1.82, 2.24) is 15.5 Å². The topological polar surface area (TPSA) is 76.1 Å². The summed E-state index contributed by atoms with van der Waals surface area (Å²) in [7, 11) is 1.65. The SMILES string of the molecule is COc1cccc(Cc2nnc(NC(=O)CC3CSCCN3)s2)c1.Cl. The summed E-state index contributed by atoms with van der Waals surface area (Å²) >= 11 is 3.29. The molecule has 1 unspecified atom stereocenters. The van der Waals surface area contributed by atoms with Gasteiger partial charge in [0, 0.05) is 36.9 Å². The quantitative estimate of drug-likeness (QED) is 0.776. The summed E-state index contributed by atoms with van der Waals surface area (Å²) in [6, 6.07) is 8.11. The first-order valence-electron chi connectivity index (χ1n) is 7.79. The van der Waals surface area contributed by atoms with Crippen LogP contribution in [-0.4, -0.2) is 47.3 Å². The van der Waals surface area contributed by atoms with Crippen molar-refractivity contribution >= 4 is 46.5 Å². The molecular weight excluding hydrogens is 380 g/mol. The second-order valence-electron chi connectivity index (χ2n) is 5.51. The Hall–Kier alpha value is -1.35. The van der Waals surface area contributed by atoms with Crippen LogP contribution >= 0.6 is 35.5 Å². The molecule has 6 nitrogen and oxygen atoms in total. The molecule has 2 N–H and O–H groups in total. The van der Waals surface area contributed by atoms with Gasteiger partial charge in [0.25, 0.3) is 0 Å². The summed E-state index contributed by atoms with van der Waals surface area (Å²) < 4.78 is 5.23. The first-order valence-corrected chi connectivity index (χ1v) is 9.76. The van der Waals surface area contributed by atoms with E-state index in [1.807, 2.05) is 36.0 Å². The summed E-state index contributed by atoms with van der Waals surface area (Å²) in [5.74, 6) is 2.90. The Labute approximate surface area is 161 Å². The first kappa shape index (κ1) is 20.0. The second-order valence-corrected chi connectivity index (χ2v) is 7.72. The molecule has 136 valence electrons. The summed E-state index contributed by atoms with van der Waals surface area (Å²) in [6.07, 6.45) is 1.14. The molecule has 2 heterocycles. The van der Waals surface area contributed by atoms with Crippen molar-refractivity contribution in [1.29, 1.82) is 0 Å². The average molecular weight is 401 g/mol. The van der Waals surface area contributed by atoms with E-state index < -0.39 is 0 Å². The number of amides is 1.